The van der Waals surface area contributed by atoms with Crippen LogP contribution in [0.25, 0.3) is 0 Å². The maximum Gasteiger partial charge on any atom is 0.0549 e. The molecule has 1 aromatic rings. The molecule has 0 amide bonds. The standard InChI is InChI=1S/C14H20S2/c1-14(2,3)11-6-8-12(9-7-11)16-13-5-4-10-15-13/h6-9,13H,4-5,10H2,1-3H3. The highest BCUT2D eigenvalue weighted by atomic mass is 32.2. The van der Waals surface area contributed by atoms with Crippen LogP contribution < -0.4 is 0 Å². The van der Waals surface area contributed by atoms with Gasteiger partial charge in [-0.15, -0.1) is 23.5 Å². The van der Waals surface area contributed by atoms with E-state index >= 15 is 0 Å². The second-order valence-electron chi connectivity index (χ2n) is 5.33. The summed E-state index contributed by atoms with van der Waals surface area (Å²) in [7, 11) is 0. The van der Waals surface area contributed by atoms with Crippen molar-refractivity contribution in [3.05, 3.63) is 29.8 Å². The number of hydrogen-bond donors (Lipinski definition) is 0. The Morgan fingerprint density at radius 3 is 2.38 bits per heavy atom. The lowest BCUT2D eigenvalue weighted by Gasteiger charge is -2.19. The molecule has 2 heteroatoms. The highest BCUT2D eigenvalue weighted by Gasteiger charge is 2.17. The van der Waals surface area contributed by atoms with Crippen LogP contribution in [0.4, 0.5) is 0 Å². The molecule has 0 nitrogen and oxygen atoms in total. The first kappa shape index (κ1) is 12.4. The van der Waals surface area contributed by atoms with Crippen molar-refractivity contribution in [1.29, 1.82) is 0 Å². The Hall–Kier alpha value is -0.0800. The van der Waals surface area contributed by atoms with Gasteiger partial charge in [0.25, 0.3) is 0 Å². The topological polar surface area (TPSA) is 0 Å². The first-order valence-corrected chi connectivity index (χ1v) is 7.87. The predicted molar refractivity (Wildman–Crippen MR) is 76.5 cm³/mol. The average Bonchev–Trinajstić information content (AvgIpc) is 2.70. The van der Waals surface area contributed by atoms with E-state index in [2.05, 4.69) is 56.8 Å². The summed E-state index contributed by atoms with van der Waals surface area (Å²) in [6, 6.07) is 9.12. The Labute approximate surface area is 108 Å². The number of benzene rings is 1. The molecule has 1 aromatic carbocycles. The van der Waals surface area contributed by atoms with Crippen LogP contribution in [0.3, 0.4) is 0 Å². The lowest BCUT2D eigenvalue weighted by molar-refractivity contribution is 0.590. The number of rotatable bonds is 2. The van der Waals surface area contributed by atoms with Crippen molar-refractivity contribution >= 4 is 23.5 Å². The van der Waals surface area contributed by atoms with Gasteiger partial charge < -0.3 is 0 Å². The normalized spacial score (nSPS) is 21.3. The van der Waals surface area contributed by atoms with Crippen molar-refractivity contribution in [2.45, 2.75) is 48.5 Å². The fraction of sp³-hybridized carbons (Fsp3) is 0.571. The largest absolute Gasteiger partial charge is 0.147 e. The molecule has 1 aliphatic heterocycles. The van der Waals surface area contributed by atoms with Crippen molar-refractivity contribution in [1.82, 2.24) is 0 Å². The molecule has 1 unspecified atom stereocenters. The summed E-state index contributed by atoms with van der Waals surface area (Å²) in [5.74, 6) is 1.34. The summed E-state index contributed by atoms with van der Waals surface area (Å²) in [6.07, 6.45) is 2.76. The van der Waals surface area contributed by atoms with Crippen LogP contribution >= 0.6 is 23.5 Å². The molecular weight excluding hydrogens is 232 g/mol. The molecule has 0 spiro atoms. The number of thioether (sulfide) groups is 2. The van der Waals surface area contributed by atoms with Gasteiger partial charge in [0, 0.05) is 4.90 Å². The van der Waals surface area contributed by atoms with Crippen LogP contribution in [0.2, 0.25) is 0 Å². The van der Waals surface area contributed by atoms with E-state index < -0.39 is 0 Å². The molecule has 2 rings (SSSR count). The fourth-order valence-electron chi connectivity index (χ4n) is 1.83. The van der Waals surface area contributed by atoms with E-state index in [1.807, 2.05) is 11.8 Å². The Kier molecular flexibility index (Phi) is 3.91. The maximum atomic E-state index is 2.28. The molecule has 0 saturated carbocycles. The van der Waals surface area contributed by atoms with Crippen LogP contribution in [-0.4, -0.2) is 10.3 Å². The van der Waals surface area contributed by atoms with Crippen molar-refractivity contribution < 1.29 is 0 Å². The zero-order chi connectivity index (χ0) is 11.6. The van der Waals surface area contributed by atoms with Crippen molar-refractivity contribution in [3.8, 4) is 0 Å². The van der Waals surface area contributed by atoms with Crippen LogP contribution in [0.1, 0.15) is 39.2 Å². The minimum absolute atomic E-state index is 0.269. The van der Waals surface area contributed by atoms with Crippen LogP contribution in [0.15, 0.2) is 29.2 Å². The molecule has 88 valence electrons. The second kappa shape index (κ2) is 5.05. The van der Waals surface area contributed by atoms with Crippen molar-refractivity contribution in [3.63, 3.8) is 0 Å². The minimum Gasteiger partial charge on any atom is -0.147 e. The molecule has 1 heterocycles. The zero-order valence-electron chi connectivity index (χ0n) is 10.3. The molecule has 1 aliphatic rings. The Balaban J connectivity index is 2.01. The Morgan fingerprint density at radius 1 is 1.19 bits per heavy atom. The maximum absolute atomic E-state index is 2.28. The van der Waals surface area contributed by atoms with Gasteiger partial charge in [-0.05, 0) is 41.7 Å². The third kappa shape index (κ3) is 3.21. The molecule has 1 atom stereocenters. The van der Waals surface area contributed by atoms with Crippen molar-refractivity contribution in [2.24, 2.45) is 0 Å². The monoisotopic (exact) mass is 252 g/mol. The molecular formula is C14H20S2. The lowest BCUT2D eigenvalue weighted by Crippen LogP contribution is -2.10. The van der Waals surface area contributed by atoms with Gasteiger partial charge in [-0.3, -0.25) is 0 Å². The summed E-state index contributed by atoms with van der Waals surface area (Å²) >= 11 is 4.14. The Morgan fingerprint density at radius 2 is 1.88 bits per heavy atom. The highest BCUT2D eigenvalue weighted by Crippen LogP contribution is 2.39. The predicted octanol–water partition coefficient (Wildman–Crippen LogP) is 4.93. The summed E-state index contributed by atoms with van der Waals surface area (Å²) in [5, 5.41) is 0. The van der Waals surface area contributed by atoms with E-state index in [0.29, 0.717) is 0 Å². The van der Waals surface area contributed by atoms with E-state index in [1.54, 1.807) is 0 Å². The molecule has 0 radical (unpaired) electrons. The van der Waals surface area contributed by atoms with Gasteiger partial charge in [0.15, 0.2) is 0 Å². The zero-order valence-corrected chi connectivity index (χ0v) is 12.0. The molecule has 0 bridgehead atoms. The summed E-state index contributed by atoms with van der Waals surface area (Å²) in [6.45, 7) is 6.80. The van der Waals surface area contributed by atoms with Gasteiger partial charge >= 0.3 is 0 Å². The van der Waals surface area contributed by atoms with E-state index in [0.717, 1.165) is 4.58 Å². The quantitative estimate of drug-likeness (QED) is 0.732. The smallest absolute Gasteiger partial charge is 0.0549 e. The van der Waals surface area contributed by atoms with Crippen LogP contribution in [-0.2, 0) is 5.41 Å². The third-order valence-corrected chi connectivity index (χ3v) is 5.75. The van der Waals surface area contributed by atoms with E-state index in [4.69, 9.17) is 0 Å². The summed E-state index contributed by atoms with van der Waals surface area (Å²) < 4.78 is 0.792. The van der Waals surface area contributed by atoms with Gasteiger partial charge in [0.2, 0.25) is 0 Å². The van der Waals surface area contributed by atoms with Gasteiger partial charge in [-0.25, -0.2) is 0 Å². The third-order valence-electron chi connectivity index (χ3n) is 2.88. The average molecular weight is 252 g/mol. The van der Waals surface area contributed by atoms with Crippen LogP contribution in [0.5, 0.6) is 0 Å². The number of hydrogen-bond acceptors (Lipinski definition) is 2. The van der Waals surface area contributed by atoms with Gasteiger partial charge in [0.1, 0.15) is 0 Å². The molecule has 0 aromatic heterocycles. The highest BCUT2D eigenvalue weighted by molar-refractivity contribution is 8.17. The van der Waals surface area contributed by atoms with E-state index in [9.17, 15) is 0 Å². The minimum atomic E-state index is 0.269. The second-order valence-corrected chi connectivity index (χ2v) is 8.22. The van der Waals surface area contributed by atoms with Gasteiger partial charge in [-0.2, -0.15) is 0 Å². The van der Waals surface area contributed by atoms with Gasteiger partial charge in [0.05, 0.1) is 4.58 Å². The molecule has 1 fully saturated rings. The van der Waals surface area contributed by atoms with Crippen molar-refractivity contribution in [2.75, 3.05) is 5.75 Å². The lowest BCUT2D eigenvalue weighted by atomic mass is 9.87. The van der Waals surface area contributed by atoms with E-state index in [1.165, 1.54) is 29.1 Å². The first-order chi connectivity index (χ1) is 7.55. The fourth-order valence-corrected chi connectivity index (χ4v) is 4.53. The summed E-state index contributed by atoms with van der Waals surface area (Å²) in [4.78, 5) is 1.42. The van der Waals surface area contributed by atoms with E-state index in [-0.39, 0.29) is 5.41 Å². The first-order valence-electron chi connectivity index (χ1n) is 5.94. The molecule has 16 heavy (non-hydrogen) atoms. The molecule has 0 aliphatic carbocycles. The van der Waals surface area contributed by atoms with Crippen LogP contribution in [0, 0.1) is 0 Å². The molecule has 1 saturated heterocycles. The van der Waals surface area contributed by atoms with Gasteiger partial charge in [-0.1, -0.05) is 32.9 Å². The summed E-state index contributed by atoms with van der Waals surface area (Å²) in [5.41, 5.74) is 1.70. The Bertz CT molecular complexity index is 329. The SMILES string of the molecule is CC(C)(C)c1ccc(SC2CCCS2)cc1. The molecule has 0 N–H and O–H groups in total.